The highest BCUT2D eigenvalue weighted by molar-refractivity contribution is 7.98. The van der Waals surface area contributed by atoms with Crippen LogP contribution in [0.3, 0.4) is 0 Å². The number of nitriles is 1. The van der Waals surface area contributed by atoms with Gasteiger partial charge in [0.05, 0.1) is 11.6 Å². The normalized spacial score (nSPS) is 14.0. The van der Waals surface area contributed by atoms with Gasteiger partial charge >= 0.3 is 0 Å². The van der Waals surface area contributed by atoms with Crippen molar-refractivity contribution in [2.45, 2.75) is 31.2 Å². The van der Waals surface area contributed by atoms with E-state index < -0.39 is 0 Å². The molecule has 0 radical (unpaired) electrons. The molecule has 1 aliphatic rings. The van der Waals surface area contributed by atoms with Crippen LogP contribution in [0.1, 0.15) is 39.3 Å². The molecule has 0 unspecified atom stereocenters. The van der Waals surface area contributed by atoms with Crippen molar-refractivity contribution < 1.29 is 4.79 Å². The zero-order valence-corrected chi connectivity index (χ0v) is 21.2. The molecule has 1 fully saturated rings. The molecule has 0 atom stereocenters. The number of fused-ring (bicyclic) bond motifs is 1. The molecular weight excluding hydrogens is 470 g/mol. The van der Waals surface area contributed by atoms with Gasteiger partial charge in [0.2, 0.25) is 5.16 Å². The quantitative estimate of drug-likeness (QED) is 0.381. The summed E-state index contributed by atoms with van der Waals surface area (Å²) in [5.74, 6) is 1.25. The summed E-state index contributed by atoms with van der Waals surface area (Å²) in [6, 6.07) is 19.6. The van der Waals surface area contributed by atoms with Crippen LogP contribution in [0, 0.1) is 25.2 Å². The average molecular weight is 498 g/mol. The number of hydrogen-bond acceptors (Lipinski definition) is 7. The lowest BCUT2D eigenvalue weighted by molar-refractivity contribution is 0.0766. The van der Waals surface area contributed by atoms with E-state index in [4.69, 9.17) is 5.26 Å². The van der Waals surface area contributed by atoms with Crippen LogP contribution in [0.15, 0.2) is 59.8 Å². The second-order valence-corrected chi connectivity index (χ2v) is 9.82. The summed E-state index contributed by atoms with van der Waals surface area (Å²) in [5.41, 5.74) is 5.34. The van der Waals surface area contributed by atoms with Gasteiger partial charge in [0.25, 0.3) is 11.7 Å². The Morgan fingerprint density at radius 3 is 2.64 bits per heavy atom. The number of nitrogens with zero attached hydrogens (tertiary/aromatic N) is 7. The highest BCUT2D eigenvalue weighted by Crippen LogP contribution is 2.24. The molecule has 36 heavy (non-hydrogen) atoms. The van der Waals surface area contributed by atoms with Gasteiger partial charge in [-0.15, -0.1) is 5.10 Å². The Labute approximate surface area is 214 Å². The number of thioether (sulfide) groups is 1. The van der Waals surface area contributed by atoms with Crippen LogP contribution in [0.4, 0.5) is 5.69 Å². The number of hydrogen-bond donors (Lipinski definition) is 0. The molecule has 182 valence electrons. The first kappa shape index (κ1) is 23.8. The Kier molecular flexibility index (Phi) is 6.87. The molecular formula is C27H27N7OS. The van der Waals surface area contributed by atoms with Crippen molar-refractivity contribution in [3.05, 3.63) is 82.7 Å². The summed E-state index contributed by atoms with van der Waals surface area (Å²) in [6.07, 6.45) is 0.888. The van der Waals surface area contributed by atoms with E-state index in [-0.39, 0.29) is 5.91 Å². The number of carbonyl (C=O) groups excluding carboxylic acids is 1. The van der Waals surface area contributed by atoms with Crippen molar-refractivity contribution in [1.82, 2.24) is 24.5 Å². The summed E-state index contributed by atoms with van der Waals surface area (Å²) in [4.78, 5) is 26.8. The van der Waals surface area contributed by atoms with Gasteiger partial charge in [-0.25, -0.2) is 9.50 Å². The number of aromatic nitrogens is 4. The SMILES string of the molecule is Cc1cc(C)n2nc(SCc3ccccc3C(=O)N3CCCN(c4ccc(C#N)cc4)CC3)nc2n1. The number of amides is 1. The van der Waals surface area contributed by atoms with E-state index in [2.05, 4.69) is 26.0 Å². The maximum Gasteiger partial charge on any atom is 0.254 e. The molecule has 5 rings (SSSR count). The fourth-order valence-corrected chi connectivity index (χ4v) is 5.32. The molecule has 8 nitrogen and oxygen atoms in total. The number of carbonyl (C=O) groups is 1. The smallest absolute Gasteiger partial charge is 0.254 e. The molecule has 4 aromatic rings. The fourth-order valence-electron chi connectivity index (χ4n) is 4.50. The first-order valence-corrected chi connectivity index (χ1v) is 13.0. The van der Waals surface area contributed by atoms with Crippen molar-refractivity contribution in [2.75, 3.05) is 31.1 Å². The summed E-state index contributed by atoms with van der Waals surface area (Å²) in [5, 5.41) is 14.3. The molecule has 0 bridgehead atoms. The molecule has 1 saturated heterocycles. The third kappa shape index (κ3) is 5.04. The monoisotopic (exact) mass is 497 g/mol. The second kappa shape index (κ2) is 10.4. The molecule has 2 aromatic heterocycles. The van der Waals surface area contributed by atoms with Gasteiger partial charge in [-0.3, -0.25) is 4.79 Å². The third-order valence-corrected chi connectivity index (χ3v) is 7.23. The van der Waals surface area contributed by atoms with Crippen LogP contribution in [0.2, 0.25) is 0 Å². The summed E-state index contributed by atoms with van der Waals surface area (Å²) in [7, 11) is 0. The molecule has 0 aliphatic carbocycles. The Bertz CT molecular complexity index is 1440. The second-order valence-electron chi connectivity index (χ2n) is 8.88. The Morgan fingerprint density at radius 2 is 1.83 bits per heavy atom. The molecule has 3 heterocycles. The standard InChI is InChI=1S/C27H27N7OS/c1-19-16-20(2)34-26(29-19)30-27(31-34)36-18-22-6-3-4-7-24(22)25(35)33-13-5-12-32(14-15-33)23-10-8-21(17-28)9-11-23/h3-4,6-11,16H,5,12-15,18H2,1-2H3. The molecule has 2 aromatic carbocycles. The van der Waals surface area contributed by atoms with Crippen LogP contribution in [0.25, 0.3) is 5.78 Å². The lowest BCUT2D eigenvalue weighted by Crippen LogP contribution is -2.35. The fraction of sp³-hybridized carbons (Fsp3) is 0.296. The largest absolute Gasteiger partial charge is 0.370 e. The molecule has 9 heteroatoms. The lowest BCUT2D eigenvalue weighted by Gasteiger charge is -2.24. The molecule has 1 amide bonds. The van der Waals surface area contributed by atoms with E-state index in [0.717, 1.165) is 47.7 Å². The first-order chi connectivity index (χ1) is 17.5. The zero-order valence-electron chi connectivity index (χ0n) is 20.4. The molecule has 1 aliphatic heterocycles. The van der Waals surface area contributed by atoms with Gasteiger partial charge in [-0.2, -0.15) is 10.2 Å². The zero-order chi connectivity index (χ0) is 25.1. The van der Waals surface area contributed by atoms with Gasteiger partial charge in [0, 0.05) is 54.6 Å². The average Bonchev–Trinajstić information content (AvgIpc) is 3.15. The molecule has 0 N–H and O–H groups in total. The highest BCUT2D eigenvalue weighted by Gasteiger charge is 2.22. The van der Waals surface area contributed by atoms with Crippen molar-refractivity contribution in [2.24, 2.45) is 0 Å². The number of benzene rings is 2. The van der Waals surface area contributed by atoms with Crippen LogP contribution < -0.4 is 4.90 Å². The summed E-state index contributed by atoms with van der Waals surface area (Å²) >= 11 is 1.51. The number of anilines is 1. The van der Waals surface area contributed by atoms with Crippen LogP contribution in [-0.2, 0) is 5.75 Å². The van der Waals surface area contributed by atoms with E-state index in [0.29, 0.717) is 35.3 Å². The summed E-state index contributed by atoms with van der Waals surface area (Å²) in [6.45, 7) is 6.93. The Balaban J connectivity index is 1.27. The minimum atomic E-state index is 0.0592. The molecule has 0 saturated carbocycles. The minimum absolute atomic E-state index is 0.0592. The van der Waals surface area contributed by atoms with E-state index in [1.807, 2.05) is 73.3 Å². The van der Waals surface area contributed by atoms with Crippen molar-refractivity contribution in [3.63, 3.8) is 0 Å². The Morgan fingerprint density at radius 1 is 1.03 bits per heavy atom. The van der Waals surface area contributed by atoms with E-state index >= 15 is 0 Å². The van der Waals surface area contributed by atoms with Gasteiger partial charge in [-0.1, -0.05) is 30.0 Å². The Hall–Kier alpha value is -3.90. The number of aryl methyl sites for hydroxylation is 2. The molecule has 0 spiro atoms. The predicted octanol–water partition coefficient (Wildman–Crippen LogP) is 4.26. The van der Waals surface area contributed by atoms with E-state index in [1.54, 1.807) is 4.52 Å². The summed E-state index contributed by atoms with van der Waals surface area (Å²) < 4.78 is 1.75. The first-order valence-electron chi connectivity index (χ1n) is 12.0. The van der Waals surface area contributed by atoms with Crippen molar-refractivity contribution >= 4 is 29.1 Å². The third-order valence-electron chi connectivity index (χ3n) is 6.35. The lowest BCUT2D eigenvalue weighted by atomic mass is 10.1. The van der Waals surface area contributed by atoms with Gasteiger partial charge in [0.1, 0.15) is 0 Å². The highest BCUT2D eigenvalue weighted by atomic mass is 32.2. The van der Waals surface area contributed by atoms with Gasteiger partial charge in [0.15, 0.2) is 0 Å². The van der Waals surface area contributed by atoms with Crippen LogP contribution >= 0.6 is 11.8 Å². The van der Waals surface area contributed by atoms with E-state index in [1.165, 1.54) is 11.8 Å². The topological polar surface area (TPSA) is 90.4 Å². The van der Waals surface area contributed by atoms with Gasteiger partial charge < -0.3 is 9.80 Å². The predicted molar refractivity (Wildman–Crippen MR) is 140 cm³/mol. The minimum Gasteiger partial charge on any atom is -0.370 e. The van der Waals surface area contributed by atoms with Gasteiger partial charge in [-0.05, 0) is 62.2 Å². The van der Waals surface area contributed by atoms with E-state index in [9.17, 15) is 4.79 Å². The van der Waals surface area contributed by atoms with Crippen molar-refractivity contribution in [1.29, 1.82) is 5.26 Å². The van der Waals surface area contributed by atoms with Crippen LogP contribution in [0.5, 0.6) is 0 Å². The maximum atomic E-state index is 13.6. The van der Waals surface area contributed by atoms with Crippen LogP contribution in [-0.4, -0.2) is 56.6 Å². The maximum absolute atomic E-state index is 13.6. The van der Waals surface area contributed by atoms with Crippen molar-refractivity contribution in [3.8, 4) is 6.07 Å². The number of rotatable bonds is 5.